The van der Waals surface area contributed by atoms with E-state index in [1.165, 1.54) is 6.07 Å². The van der Waals surface area contributed by atoms with Crippen molar-refractivity contribution in [2.75, 3.05) is 0 Å². The molecule has 0 bridgehead atoms. The maximum absolute atomic E-state index is 13.4. The van der Waals surface area contributed by atoms with Crippen molar-refractivity contribution in [1.82, 2.24) is 9.97 Å². The molecule has 2 aromatic rings. The third kappa shape index (κ3) is 3.58. The summed E-state index contributed by atoms with van der Waals surface area (Å²) in [6, 6.07) is 5.31. The summed E-state index contributed by atoms with van der Waals surface area (Å²) in [4.78, 5) is 6.48. The van der Waals surface area contributed by atoms with Gasteiger partial charge in [-0.1, -0.05) is 0 Å². The van der Waals surface area contributed by atoms with E-state index in [0.717, 1.165) is 12.1 Å². The van der Waals surface area contributed by atoms with Gasteiger partial charge in [-0.2, -0.15) is 23.4 Å². The Balaban J connectivity index is 2.34. The molecule has 0 aliphatic rings. The van der Waals surface area contributed by atoms with Crippen LogP contribution in [-0.4, -0.2) is 9.97 Å². The molecule has 0 spiro atoms. The zero-order valence-electron chi connectivity index (χ0n) is 9.95. The first-order valence-electron chi connectivity index (χ1n) is 5.29. The first-order valence-corrected chi connectivity index (χ1v) is 5.66. The maximum Gasteiger partial charge on any atom is 0.433 e. The van der Waals surface area contributed by atoms with Crippen molar-refractivity contribution < 1.29 is 22.3 Å². The Labute approximate surface area is 120 Å². The van der Waals surface area contributed by atoms with E-state index in [9.17, 15) is 17.6 Å². The molecule has 108 valence electrons. The minimum absolute atomic E-state index is 0.130. The van der Waals surface area contributed by atoms with Gasteiger partial charge in [0.2, 0.25) is 11.2 Å². The molecule has 0 atom stereocenters. The molecule has 0 aliphatic heterocycles. The highest BCUT2D eigenvalue weighted by Crippen LogP contribution is 2.31. The Morgan fingerprint density at radius 2 is 1.90 bits per heavy atom. The Bertz CT molecular complexity index is 727. The molecule has 0 unspecified atom stereocenters. The fourth-order valence-electron chi connectivity index (χ4n) is 1.37. The van der Waals surface area contributed by atoms with Gasteiger partial charge >= 0.3 is 6.18 Å². The van der Waals surface area contributed by atoms with Gasteiger partial charge in [0.15, 0.2) is 5.69 Å². The first-order chi connectivity index (χ1) is 9.79. The van der Waals surface area contributed by atoms with Gasteiger partial charge < -0.3 is 4.74 Å². The van der Waals surface area contributed by atoms with Crippen LogP contribution in [0.25, 0.3) is 0 Å². The molecule has 2 rings (SSSR count). The molecular weight excluding hydrogens is 314 g/mol. The predicted molar refractivity (Wildman–Crippen MR) is 63.2 cm³/mol. The van der Waals surface area contributed by atoms with Crippen molar-refractivity contribution in [2.24, 2.45) is 0 Å². The van der Waals surface area contributed by atoms with Gasteiger partial charge in [-0.05, 0) is 23.7 Å². The molecule has 0 amide bonds. The number of ether oxygens (including phenoxy) is 1. The molecule has 0 radical (unpaired) electrons. The molecule has 0 saturated carbocycles. The number of alkyl halides is 3. The highest BCUT2D eigenvalue weighted by Gasteiger charge is 2.34. The smallest absolute Gasteiger partial charge is 0.433 e. The minimum atomic E-state index is -4.72. The lowest BCUT2D eigenvalue weighted by Gasteiger charge is -2.09. The Morgan fingerprint density at radius 3 is 2.48 bits per heavy atom. The number of nitrogens with zero attached hydrogens (tertiary/aromatic N) is 3. The van der Waals surface area contributed by atoms with Crippen LogP contribution in [0.15, 0.2) is 24.3 Å². The molecule has 0 saturated heterocycles. The van der Waals surface area contributed by atoms with Crippen molar-refractivity contribution in [2.45, 2.75) is 6.18 Å². The molecule has 1 heterocycles. The Hall–Kier alpha value is -2.40. The number of benzene rings is 1. The fraction of sp³-hybridized carbons (Fsp3) is 0.0833. The van der Waals surface area contributed by atoms with E-state index < -0.39 is 28.9 Å². The van der Waals surface area contributed by atoms with E-state index in [1.54, 1.807) is 6.07 Å². The Morgan fingerprint density at radius 1 is 1.19 bits per heavy atom. The van der Waals surface area contributed by atoms with Gasteiger partial charge in [0.25, 0.3) is 0 Å². The number of hydrogen-bond donors (Lipinski definition) is 0. The zero-order valence-corrected chi connectivity index (χ0v) is 10.7. The predicted octanol–water partition coefficient (Wildman–Crippen LogP) is 3.95. The van der Waals surface area contributed by atoms with Crippen molar-refractivity contribution in [3.05, 3.63) is 46.6 Å². The van der Waals surface area contributed by atoms with Crippen LogP contribution in [0.5, 0.6) is 11.6 Å². The van der Waals surface area contributed by atoms with Crippen LogP contribution < -0.4 is 4.74 Å². The number of hydrogen-bond acceptors (Lipinski definition) is 4. The van der Waals surface area contributed by atoms with Crippen LogP contribution in [-0.2, 0) is 6.18 Å². The lowest BCUT2D eigenvalue weighted by molar-refractivity contribution is -0.141. The average molecular weight is 318 g/mol. The second-order valence-corrected chi connectivity index (χ2v) is 4.05. The third-order valence-corrected chi connectivity index (χ3v) is 2.42. The fourth-order valence-corrected chi connectivity index (χ4v) is 1.54. The second-order valence-electron chi connectivity index (χ2n) is 3.71. The van der Waals surface area contributed by atoms with Gasteiger partial charge in [-0.3, -0.25) is 0 Å². The van der Waals surface area contributed by atoms with Crippen molar-refractivity contribution in [1.29, 1.82) is 5.26 Å². The second kappa shape index (κ2) is 5.54. The molecule has 9 heteroatoms. The summed E-state index contributed by atoms with van der Waals surface area (Å²) in [5.41, 5.74) is -1.51. The van der Waals surface area contributed by atoms with Gasteiger partial charge in [-0.25, -0.2) is 9.37 Å². The molecule has 1 aromatic heterocycles. The van der Waals surface area contributed by atoms with E-state index in [0.29, 0.717) is 6.07 Å². The molecular formula is C12H4ClF4N3O. The molecule has 0 fully saturated rings. The van der Waals surface area contributed by atoms with Crippen molar-refractivity contribution >= 4 is 11.6 Å². The lowest BCUT2D eigenvalue weighted by Crippen LogP contribution is -2.09. The summed E-state index contributed by atoms with van der Waals surface area (Å²) < 4.78 is 56.0. The van der Waals surface area contributed by atoms with Gasteiger partial charge in [-0.15, -0.1) is 0 Å². The number of nitriles is 1. The van der Waals surface area contributed by atoms with Crippen LogP contribution in [0.3, 0.4) is 0 Å². The van der Waals surface area contributed by atoms with Gasteiger partial charge in [0.05, 0.1) is 5.56 Å². The normalized spacial score (nSPS) is 11.0. The summed E-state index contributed by atoms with van der Waals surface area (Å²) in [5, 5.41) is 7.91. The summed E-state index contributed by atoms with van der Waals surface area (Å²) in [5.74, 6) is -1.49. The van der Waals surface area contributed by atoms with Crippen molar-refractivity contribution in [3.8, 4) is 17.7 Å². The highest BCUT2D eigenvalue weighted by atomic mass is 35.5. The highest BCUT2D eigenvalue weighted by molar-refractivity contribution is 6.28. The summed E-state index contributed by atoms with van der Waals surface area (Å²) >= 11 is 5.38. The quantitative estimate of drug-likeness (QED) is 0.621. The van der Waals surface area contributed by atoms with Crippen LogP contribution in [0.4, 0.5) is 17.6 Å². The first kappa shape index (κ1) is 15.0. The molecule has 0 N–H and O–H groups in total. The van der Waals surface area contributed by atoms with Crippen molar-refractivity contribution in [3.63, 3.8) is 0 Å². The number of halogens is 5. The molecule has 1 aromatic carbocycles. The van der Waals surface area contributed by atoms with Crippen LogP contribution >= 0.6 is 11.6 Å². The summed E-state index contributed by atoms with van der Waals surface area (Å²) in [7, 11) is 0. The minimum Gasteiger partial charge on any atom is -0.439 e. The number of rotatable bonds is 2. The molecule has 21 heavy (non-hydrogen) atoms. The number of aromatic nitrogens is 2. The van der Waals surface area contributed by atoms with Crippen LogP contribution in [0.2, 0.25) is 5.28 Å². The van der Waals surface area contributed by atoms with Gasteiger partial charge in [0.1, 0.15) is 17.6 Å². The molecule has 0 aliphatic carbocycles. The third-order valence-electron chi connectivity index (χ3n) is 2.25. The monoisotopic (exact) mass is 317 g/mol. The van der Waals surface area contributed by atoms with Gasteiger partial charge in [0, 0.05) is 12.1 Å². The van der Waals surface area contributed by atoms with Crippen LogP contribution in [0, 0.1) is 17.1 Å². The SMILES string of the molecule is N#Cc1ccc(Oc2cc(C(F)(F)F)nc(Cl)n2)cc1F. The Kier molecular flexibility index (Phi) is 3.95. The van der Waals surface area contributed by atoms with E-state index in [2.05, 4.69) is 9.97 Å². The summed E-state index contributed by atoms with van der Waals surface area (Å²) in [6.07, 6.45) is -4.72. The van der Waals surface area contributed by atoms with Crippen LogP contribution in [0.1, 0.15) is 11.3 Å². The van der Waals surface area contributed by atoms with E-state index in [4.69, 9.17) is 21.6 Å². The lowest BCUT2D eigenvalue weighted by atomic mass is 10.2. The largest absolute Gasteiger partial charge is 0.439 e. The van der Waals surface area contributed by atoms with E-state index in [-0.39, 0.29) is 11.3 Å². The standard InChI is InChI=1S/C12H4ClF4N3O/c13-11-19-9(12(15,16)17)4-10(20-11)21-7-2-1-6(5-18)8(14)3-7/h1-4H. The zero-order chi connectivity index (χ0) is 15.6. The summed E-state index contributed by atoms with van der Waals surface area (Å²) in [6.45, 7) is 0. The topological polar surface area (TPSA) is 58.8 Å². The maximum atomic E-state index is 13.4. The average Bonchev–Trinajstić information content (AvgIpc) is 2.37. The molecule has 4 nitrogen and oxygen atoms in total. The van der Waals surface area contributed by atoms with E-state index >= 15 is 0 Å². The van der Waals surface area contributed by atoms with E-state index in [1.807, 2.05) is 0 Å².